The van der Waals surface area contributed by atoms with E-state index in [4.69, 9.17) is 10.5 Å². The molecule has 0 amide bonds. The molecule has 0 aliphatic carbocycles. The van der Waals surface area contributed by atoms with Crippen LogP contribution in [0.1, 0.15) is 25.0 Å². The minimum atomic E-state index is -4.21. The second kappa shape index (κ2) is 6.54. The van der Waals surface area contributed by atoms with E-state index in [0.717, 1.165) is 10.0 Å². The smallest absolute Gasteiger partial charge is 0.372 e. The van der Waals surface area contributed by atoms with E-state index in [9.17, 15) is 13.2 Å². The molecule has 0 aromatic heterocycles. The molecule has 0 saturated heterocycles. The van der Waals surface area contributed by atoms with E-state index in [1.165, 1.54) is 0 Å². The molecule has 0 spiro atoms. The molecule has 18 heavy (non-hydrogen) atoms. The second-order valence-electron chi connectivity index (χ2n) is 4.07. The molecule has 0 bridgehead atoms. The molecule has 2 atom stereocenters. The molecule has 1 aromatic carbocycles. The van der Waals surface area contributed by atoms with Crippen LogP contribution >= 0.6 is 15.9 Å². The Bertz CT molecular complexity index is 365. The maximum Gasteiger partial charge on any atom is 0.391 e. The number of ether oxygens (including phenoxy) is 1. The van der Waals surface area contributed by atoms with Crippen molar-refractivity contribution in [2.45, 2.75) is 31.7 Å². The van der Waals surface area contributed by atoms with Crippen LogP contribution in [-0.2, 0) is 4.74 Å². The number of hydrogen-bond donors (Lipinski definition) is 1. The van der Waals surface area contributed by atoms with Gasteiger partial charge in [-0.25, -0.2) is 0 Å². The Balaban J connectivity index is 2.63. The summed E-state index contributed by atoms with van der Waals surface area (Å²) in [6, 6.07) is 6.80. The van der Waals surface area contributed by atoms with Crippen LogP contribution in [0, 0.1) is 0 Å². The minimum Gasteiger partial charge on any atom is -0.372 e. The first-order chi connectivity index (χ1) is 8.29. The number of halogens is 4. The molecular weight excluding hydrogens is 311 g/mol. The van der Waals surface area contributed by atoms with Gasteiger partial charge in [0.05, 0.1) is 19.1 Å². The lowest BCUT2D eigenvalue weighted by Crippen LogP contribution is -2.28. The van der Waals surface area contributed by atoms with Crippen LogP contribution in [0.5, 0.6) is 0 Å². The second-order valence-corrected chi connectivity index (χ2v) is 4.98. The van der Waals surface area contributed by atoms with Gasteiger partial charge in [0.2, 0.25) is 0 Å². The summed E-state index contributed by atoms with van der Waals surface area (Å²) in [4.78, 5) is 0. The van der Waals surface area contributed by atoms with Crippen LogP contribution in [0.25, 0.3) is 0 Å². The van der Waals surface area contributed by atoms with Crippen molar-refractivity contribution in [1.82, 2.24) is 0 Å². The molecule has 0 aliphatic rings. The van der Waals surface area contributed by atoms with Crippen molar-refractivity contribution in [1.29, 1.82) is 0 Å². The summed E-state index contributed by atoms with van der Waals surface area (Å²) < 4.78 is 42.3. The Labute approximate surface area is 112 Å². The molecule has 0 radical (unpaired) electrons. The molecule has 0 saturated carbocycles. The molecule has 2 N–H and O–H groups in total. The molecule has 0 fully saturated rings. The van der Waals surface area contributed by atoms with Crippen LogP contribution in [0.4, 0.5) is 13.2 Å². The standard InChI is InChI=1S/C12H15BrF3NO/c1-8(17)11(18-7-6-12(14,15)16)9-2-4-10(13)5-3-9/h2-5,8,11H,6-7,17H2,1H3. The summed E-state index contributed by atoms with van der Waals surface area (Å²) in [5.41, 5.74) is 6.51. The van der Waals surface area contributed by atoms with E-state index in [0.29, 0.717) is 0 Å². The van der Waals surface area contributed by atoms with E-state index < -0.39 is 18.7 Å². The van der Waals surface area contributed by atoms with Crippen molar-refractivity contribution in [2.24, 2.45) is 5.73 Å². The lowest BCUT2D eigenvalue weighted by atomic mass is 10.0. The normalized spacial score (nSPS) is 15.4. The first kappa shape index (κ1) is 15.5. The lowest BCUT2D eigenvalue weighted by Gasteiger charge is -2.22. The van der Waals surface area contributed by atoms with Gasteiger partial charge in [-0.1, -0.05) is 28.1 Å². The predicted octanol–water partition coefficient (Wildman–Crippen LogP) is 3.81. The summed E-state index contributed by atoms with van der Waals surface area (Å²) in [5, 5.41) is 0. The highest BCUT2D eigenvalue weighted by Crippen LogP contribution is 2.25. The van der Waals surface area contributed by atoms with Gasteiger partial charge in [-0.3, -0.25) is 0 Å². The maximum absolute atomic E-state index is 12.0. The third-order valence-corrected chi connectivity index (χ3v) is 2.89. The van der Waals surface area contributed by atoms with Gasteiger partial charge in [0, 0.05) is 10.5 Å². The predicted molar refractivity (Wildman–Crippen MR) is 67.2 cm³/mol. The van der Waals surface area contributed by atoms with Crippen molar-refractivity contribution >= 4 is 15.9 Å². The van der Waals surface area contributed by atoms with Crippen molar-refractivity contribution in [3.8, 4) is 0 Å². The SMILES string of the molecule is CC(N)C(OCCC(F)(F)F)c1ccc(Br)cc1. The highest BCUT2D eigenvalue weighted by Gasteiger charge is 2.28. The number of benzene rings is 1. The Kier molecular flexibility index (Phi) is 5.62. The third-order valence-electron chi connectivity index (χ3n) is 2.36. The molecule has 1 rings (SSSR count). The zero-order valence-electron chi connectivity index (χ0n) is 9.88. The van der Waals surface area contributed by atoms with Gasteiger partial charge in [-0.05, 0) is 24.6 Å². The monoisotopic (exact) mass is 325 g/mol. The highest BCUT2D eigenvalue weighted by atomic mass is 79.9. The van der Waals surface area contributed by atoms with Gasteiger partial charge in [-0.2, -0.15) is 13.2 Å². The summed E-state index contributed by atoms with van der Waals surface area (Å²) in [5.74, 6) is 0. The van der Waals surface area contributed by atoms with Gasteiger partial charge in [0.1, 0.15) is 0 Å². The molecule has 0 heterocycles. The molecule has 1 aromatic rings. The number of rotatable bonds is 5. The van der Waals surface area contributed by atoms with Crippen LogP contribution in [0.2, 0.25) is 0 Å². The molecule has 0 aliphatic heterocycles. The van der Waals surface area contributed by atoms with Crippen molar-refractivity contribution < 1.29 is 17.9 Å². The minimum absolute atomic E-state index is 0.376. The molecule has 102 valence electrons. The van der Waals surface area contributed by atoms with Crippen molar-refractivity contribution in [2.75, 3.05) is 6.61 Å². The lowest BCUT2D eigenvalue weighted by molar-refractivity contribution is -0.150. The van der Waals surface area contributed by atoms with Gasteiger partial charge < -0.3 is 10.5 Å². The fraction of sp³-hybridized carbons (Fsp3) is 0.500. The molecular formula is C12H15BrF3NO. The average molecular weight is 326 g/mol. The zero-order valence-corrected chi connectivity index (χ0v) is 11.5. The fourth-order valence-electron chi connectivity index (χ4n) is 1.51. The number of alkyl halides is 3. The van der Waals surface area contributed by atoms with Gasteiger partial charge in [0.15, 0.2) is 0 Å². The van der Waals surface area contributed by atoms with Crippen molar-refractivity contribution in [3.63, 3.8) is 0 Å². The number of nitrogens with two attached hydrogens (primary N) is 1. The molecule has 2 unspecified atom stereocenters. The Hall–Kier alpha value is -0.590. The van der Waals surface area contributed by atoms with Crippen LogP contribution < -0.4 is 5.73 Å². The van der Waals surface area contributed by atoms with Crippen molar-refractivity contribution in [3.05, 3.63) is 34.3 Å². The molecule has 2 nitrogen and oxygen atoms in total. The summed E-state index contributed by atoms with van der Waals surface area (Å²) in [6.45, 7) is 1.33. The summed E-state index contributed by atoms with van der Waals surface area (Å²) in [7, 11) is 0. The topological polar surface area (TPSA) is 35.2 Å². The quantitative estimate of drug-likeness (QED) is 0.893. The number of hydrogen-bond acceptors (Lipinski definition) is 2. The van der Waals surface area contributed by atoms with E-state index in [1.807, 2.05) is 0 Å². The van der Waals surface area contributed by atoms with E-state index in [1.54, 1.807) is 31.2 Å². The fourth-order valence-corrected chi connectivity index (χ4v) is 1.77. The Morgan fingerprint density at radius 3 is 2.28 bits per heavy atom. The van der Waals surface area contributed by atoms with Gasteiger partial charge in [-0.15, -0.1) is 0 Å². The third kappa shape index (κ3) is 5.37. The zero-order chi connectivity index (χ0) is 13.8. The first-order valence-corrected chi connectivity index (χ1v) is 6.28. The largest absolute Gasteiger partial charge is 0.391 e. The van der Waals surface area contributed by atoms with E-state index in [-0.39, 0.29) is 12.6 Å². The van der Waals surface area contributed by atoms with Gasteiger partial charge >= 0.3 is 6.18 Å². The van der Waals surface area contributed by atoms with Gasteiger partial charge in [0.25, 0.3) is 0 Å². The maximum atomic E-state index is 12.0. The molecule has 6 heteroatoms. The highest BCUT2D eigenvalue weighted by molar-refractivity contribution is 9.10. The van der Waals surface area contributed by atoms with Crippen LogP contribution in [0.3, 0.4) is 0 Å². The summed E-state index contributed by atoms with van der Waals surface area (Å²) in [6.07, 6.45) is -5.70. The summed E-state index contributed by atoms with van der Waals surface area (Å²) >= 11 is 3.29. The van der Waals surface area contributed by atoms with E-state index >= 15 is 0 Å². The van der Waals surface area contributed by atoms with E-state index in [2.05, 4.69) is 15.9 Å². The van der Waals surface area contributed by atoms with Crippen LogP contribution in [-0.4, -0.2) is 18.8 Å². The first-order valence-electron chi connectivity index (χ1n) is 5.49. The Morgan fingerprint density at radius 1 is 1.28 bits per heavy atom. The van der Waals surface area contributed by atoms with Crippen LogP contribution in [0.15, 0.2) is 28.7 Å². The average Bonchev–Trinajstić information content (AvgIpc) is 2.24. The Morgan fingerprint density at radius 2 is 1.83 bits per heavy atom.